The summed E-state index contributed by atoms with van der Waals surface area (Å²) in [5, 5.41) is 17.9. The minimum atomic E-state index is -0.949. The normalized spacial score (nSPS) is 10.1. The van der Waals surface area contributed by atoms with E-state index in [9.17, 15) is 14.5 Å². The SMILES string of the molecule is N=C(N)c1cccc(COc2ccc([N+](=O)[O-])c(F)c2)c1. The average molecular weight is 289 g/mol. The third kappa shape index (κ3) is 3.53. The molecule has 0 unspecified atom stereocenters. The number of nitro groups is 1. The summed E-state index contributed by atoms with van der Waals surface area (Å²) in [7, 11) is 0. The van der Waals surface area contributed by atoms with Crippen LogP contribution >= 0.6 is 0 Å². The maximum absolute atomic E-state index is 13.4. The summed E-state index contributed by atoms with van der Waals surface area (Å²) >= 11 is 0. The number of nitrogens with zero attached hydrogens (tertiary/aromatic N) is 1. The Morgan fingerprint density at radius 2 is 2.10 bits per heavy atom. The van der Waals surface area contributed by atoms with Gasteiger partial charge in [0, 0.05) is 17.7 Å². The van der Waals surface area contributed by atoms with Crippen LogP contribution in [0.5, 0.6) is 5.75 Å². The first kappa shape index (κ1) is 14.4. The molecule has 0 saturated carbocycles. The first-order chi connectivity index (χ1) is 9.97. The Kier molecular flexibility index (Phi) is 4.13. The molecule has 0 spiro atoms. The molecular weight excluding hydrogens is 277 g/mol. The van der Waals surface area contributed by atoms with Gasteiger partial charge in [0.1, 0.15) is 18.2 Å². The van der Waals surface area contributed by atoms with Crippen LogP contribution in [0.25, 0.3) is 0 Å². The predicted molar refractivity (Wildman–Crippen MR) is 74.8 cm³/mol. The zero-order valence-corrected chi connectivity index (χ0v) is 10.9. The van der Waals surface area contributed by atoms with Crippen molar-refractivity contribution >= 4 is 11.5 Å². The number of hydrogen-bond donors (Lipinski definition) is 2. The molecule has 0 aromatic heterocycles. The molecule has 7 heteroatoms. The third-order valence-electron chi connectivity index (χ3n) is 2.76. The fraction of sp³-hybridized carbons (Fsp3) is 0.0714. The second-order valence-electron chi connectivity index (χ2n) is 4.27. The molecule has 0 bridgehead atoms. The lowest BCUT2D eigenvalue weighted by Crippen LogP contribution is -2.11. The van der Waals surface area contributed by atoms with Gasteiger partial charge in [0.15, 0.2) is 0 Å². The fourth-order valence-electron chi connectivity index (χ4n) is 1.72. The molecule has 3 N–H and O–H groups in total. The molecule has 2 rings (SSSR count). The number of benzene rings is 2. The molecule has 0 fully saturated rings. The van der Waals surface area contributed by atoms with Gasteiger partial charge in [-0.25, -0.2) is 0 Å². The van der Waals surface area contributed by atoms with Crippen molar-refractivity contribution in [3.63, 3.8) is 0 Å². The van der Waals surface area contributed by atoms with Crippen molar-refractivity contribution in [3.8, 4) is 5.75 Å². The monoisotopic (exact) mass is 289 g/mol. The van der Waals surface area contributed by atoms with Gasteiger partial charge in [0.05, 0.1) is 4.92 Å². The Hall–Kier alpha value is -2.96. The summed E-state index contributed by atoms with van der Waals surface area (Å²) in [6.45, 7) is 0.137. The van der Waals surface area contributed by atoms with Crippen LogP contribution in [0.2, 0.25) is 0 Å². The lowest BCUT2D eigenvalue weighted by Gasteiger charge is -2.07. The first-order valence-corrected chi connectivity index (χ1v) is 5.97. The first-order valence-electron chi connectivity index (χ1n) is 5.97. The fourth-order valence-corrected chi connectivity index (χ4v) is 1.72. The van der Waals surface area contributed by atoms with Crippen LogP contribution in [0.4, 0.5) is 10.1 Å². The van der Waals surface area contributed by atoms with Crippen LogP contribution in [0.3, 0.4) is 0 Å². The third-order valence-corrected chi connectivity index (χ3v) is 2.76. The molecule has 0 amide bonds. The molecule has 21 heavy (non-hydrogen) atoms. The number of halogens is 1. The number of nitro benzene ring substituents is 1. The topological polar surface area (TPSA) is 102 Å². The second-order valence-corrected chi connectivity index (χ2v) is 4.27. The van der Waals surface area contributed by atoms with Gasteiger partial charge < -0.3 is 10.5 Å². The highest BCUT2D eigenvalue weighted by molar-refractivity contribution is 5.95. The summed E-state index contributed by atoms with van der Waals surface area (Å²) in [4.78, 5) is 9.71. The van der Waals surface area contributed by atoms with Crippen molar-refractivity contribution in [2.75, 3.05) is 0 Å². The van der Waals surface area contributed by atoms with Gasteiger partial charge in [0.2, 0.25) is 5.82 Å². The highest BCUT2D eigenvalue weighted by Crippen LogP contribution is 2.23. The molecule has 0 saturated heterocycles. The van der Waals surface area contributed by atoms with Crippen molar-refractivity contribution in [1.29, 1.82) is 5.41 Å². The van der Waals surface area contributed by atoms with Crippen molar-refractivity contribution in [3.05, 3.63) is 69.5 Å². The number of nitrogens with one attached hydrogen (secondary N) is 1. The van der Waals surface area contributed by atoms with E-state index in [0.717, 1.165) is 17.7 Å². The van der Waals surface area contributed by atoms with Crippen LogP contribution in [0, 0.1) is 21.3 Å². The van der Waals surface area contributed by atoms with E-state index >= 15 is 0 Å². The molecule has 108 valence electrons. The summed E-state index contributed by atoms with van der Waals surface area (Å²) in [6.07, 6.45) is 0. The summed E-state index contributed by atoms with van der Waals surface area (Å²) in [6, 6.07) is 10.2. The molecule has 0 aliphatic heterocycles. The van der Waals surface area contributed by atoms with Gasteiger partial charge in [-0.3, -0.25) is 15.5 Å². The molecule has 0 aliphatic carbocycles. The van der Waals surface area contributed by atoms with E-state index in [1.54, 1.807) is 24.3 Å². The van der Waals surface area contributed by atoms with E-state index in [0.29, 0.717) is 5.56 Å². The minimum absolute atomic E-state index is 0.0572. The Bertz CT molecular complexity index is 704. The van der Waals surface area contributed by atoms with Crippen LogP contribution in [-0.2, 0) is 6.61 Å². The van der Waals surface area contributed by atoms with E-state index in [1.165, 1.54) is 6.07 Å². The van der Waals surface area contributed by atoms with E-state index in [-0.39, 0.29) is 18.2 Å². The largest absolute Gasteiger partial charge is 0.489 e. The van der Waals surface area contributed by atoms with Crippen LogP contribution in [-0.4, -0.2) is 10.8 Å². The highest BCUT2D eigenvalue weighted by Gasteiger charge is 2.14. The maximum atomic E-state index is 13.4. The molecule has 0 heterocycles. The van der Waals surface area contributed by atoms with Crippen molar-refractivity contribution in [2.24, 2.45) is 5.73 Å². The van der Waals surface area contributed by atoms with Gasteiger partial charge in [0.25, 0.3) is 0 Å². The lowest BCUT2D eigenvalue weighted by atomic mass is 10.1. The van der Waals surface area contributed by atoms with Crippen molar-refractivity contribution in [1.82, 2.24) is 0 Å². The summed E-state index contributed by atoms with van der Waals surface area (Å²) < 4.78 is 18.8. The van der Waals surface area contributed by atoms with E-state index in [2.05, 4.69) is 0 Å². The molecule has 0 radical (unpaired) electrons. The second kappa shape index (κ2) is 6.00. The number of amidine groups is 1. The van der Waals surface area contributed by atoms with Crippen LogP contribution in [0.15, 0.2) is 42.5 Å². The van der Waals surface area contributed by atoms with E-state index < -0.39 is 16.4 Å². The number of nitrogen functional groups attached to an aromatic ring is 1. The predicted octanol–water partition coefficient (Wildman–Crippen LogP) is 2.60. The van der Waals surface area contributed by atoms with Crippen LogP contribution < -0.4 is 10.5 Å². The van der Waals surface area contributed by atoms with Gasteiger partial charge in [-0.1, -0.05) is 18.2 Å². The summed E-state index contributed by atoms with van der Waals surface area (Å²) in [5.74, 6) is -0.820. The highest BCUT2D eigenvalue weighted by atomic mass is 19.1. The number of hydrogen-bond acceptors (Lipinski definition) is 4. The molecular formula is C14H12FN3O3. The zero-order chi connectivity index (χ0) is 15.4. The Labute approximate surface area is 119 Å². The lowest BCUT2D eigenvalue weighted by molar-refractivity contribution is -0.387. The van der Waals surface area contributed by atoms with E-state index in [4.69, 9.17) is 15.9 Å². The number of nitrogens with two attached hydrogens (primary N) is 1. The zero-order valence-electron chi connectivity index (χ0n) is 10.9. The van der Waals surface area contributed by atoms with Crippen molar-refractivity contribution < 1.29 is 14.1 Å². The Morgan fingerprint density at radius 1 is 1.33 bits per heavy atom. The molecule has 0 atom stereocenters. The van der Waals surface area contributed by atoms with Gasteiger partial charge in [-0.15, -0.1) is 0 Å². The van der Waals surface area contributed by atoms with Gasteiger partial charge in [-0.2, -0.15) is 4.39 Å². The Balaban J connectivity index is 2.10. The van der Waals surface area contributed by atoms with E-state index in [1.807, 2.05) is 0 Å². The minimum Gasteiger partial charge on any atom is -0.489 e. The molecule has 0 aliphatic rings. The van der Waals surface area contributed by atoms with Crippen LogP contribution in [0.1, 0.15) is 11.1 Å². The van der Waals surface area contributed by atoms with Gasteiger partial charge in [-0.05, 0) is 17.7 Å². The summed E-state index contributed by atoms with van der Waals surface area (Å²) in [5.41, 5.74) is 6.10. The quantitative estimate of drug-likeness (QED) is 0.382. The van der Waals surface area contributed by atoms with Crippen molar-refractivity contribution in [2.45, 2.75) is 6.61 Å². The number of rotatable bonds is 5. The maximum Gasteiger partial charge on any atom is 0.305 e. The molecule has 2 aromatic carbocycles. The molecule has 6 nitrogen and oxygen atoms in total. The average Bonchev–Trinajstić information content (AvgIpc) is 2.45. The number of ether oxygens (including phenoxy) is 1. The Morgan fingerprint density at radius 3 is 2.71 bits per heavy atom. The smallest absolute Gasteiger partial charge is 0.305 e. The standard InChI is InChI=1S/C14H12FN3O3/c15-12-7-11(4-5-13(12)18(19)20)21-8-9-2-1-3-10(6-9)14(16)17/h1-7H,8H2,(H3,16,17). The van der Waals surface area contributed by atoms with Gasteiger partial charge >= 0.3 is 5.69 Å². The molecule has 2 aromatic rings.